The summed E-state index contributed by atoms with van der Waals surface area (Å²) in [5.41, 5.74) is 2.68. The summed E-state index contributed by atoms with van der Waals surface area (Å²) in [6.07, 6.45) is 0. The number of carbonyl (C=O) groups excluding carboxylic acids is 1. The van der Waals surface area contributed by atoms with Gasteiger partial charge in [0, 0.05) is 25.1 Å². The largest absolute Gasteiger partial charge is 0.392 e. The van der Waals surface area contributed by atoms with E-state index in [4.69, 9.17) is 5.11 Å². The monoisotopic (exact) mass is 316 g/mol. The number of nitrogens with zero attached hydrogens (tertiary/aromatic N) is 2. The van der Waals surface area contributed by atoms with Gasteiger partial charge in [0.05, 0.1) is 12.3 Å². The lowest BCUT2D eigenvalue weighted by molar-refractivity contribution is 0.251. The van der Waals surface area contributed by atoms with Gasteiger partial charge in [-0.15, -0.1) is 0 Å². The van der Waals surface area contributed by atoms with Crippen molar-refractivity contribution in [1.82, 2.24) is 15.1 Å². The maximum atomic E-state index is 12.0. The zero-order chi connectivity index (χ0) is 17.0. The summed E-state index contributed by atoms with van der Waals surface area (Å²) in [6, 6.07) is 9.05. The van der Waals surface area contributed by atoms with Crippen LogP contribution in [0.3, 0.4) is 0 Å². The fraction of sp³-hybridized carbons (Fsp3) is 0.412. The summed E-state index contributed by atoms with van der Waals surface area (Å²) in [5, 5.41) is 19.0. The number of hydrogen-bond acceptors (Lipinski definition) is 3. The van der Waals surface area contributed by atoms with Crippen LogP contribution in [0.4, 0.5) is 10.6 Å². The molecule has 0 aliphatic heterocycles. The fourth-order valence-electron chi connectivity index (χ4n) is 2.06. The number of anilines is 1. The molecule has 0 unspecified atom stereocenters. The van der Waals surface area contributed by atoms with E-state index in [9.17, 15) is 4.79 Å². The van der Waals surface area contributed by atoms with Crippen molar-refractivity contribution in [2.45, 2.75) is 39.3 Å². The van der Waals surface area contributed by atoms with Crippen LogP contribution in [0.2, 0.25) is 0 Å². The fourth-order valence-corrected chi connectivity index (χ4v) is 2.06. The van der Waals surface area contributed by atoms with Gasteiger partial charge in [-0.1, -0.05) is 45.0 Å². The molecule has 124 valence electrons. The van der Waals surface area contributed by atoms with E-state index < -0.39 is 0 Å². The molecule has 1 heterocycles. The minimum Gasteiger partial charge on any atom is -0.392 e. The quantitative estimate of drug-likeness (QED) is 0.811. The van der Waals surface area contributed by atoms with Crippen molar-refractivity contribution in [3.05, 3.63) is 47.2 Å². The van der Waals surface area contributed by atoms with Crippen molar-refractivity contribution in [2.24, 2.45) is 7.05 Å². The van der Waals surface area contributed by atoms with E-state index in [1.807, 2.05) is 30.3 Å². The van der Waals surface area contributed by atoms with Crippen molar-refractivity contribution >= 4 is 11.8 Å². The first-order valence-corrected chi connectivity index (χ1v) is 7.57. The Bertz CT molecular complexity index is 669. The predicted octanol–water partition coefficient (Wildman–Crippen LogP) is 2.53. The summed E-state index contributed by atoms with van der Waals surface area (Å²) in [4.78, 5) is 12.0. The molecular formula is C17H24N4O2. The molecule has 2 amide bonds. The Hall–Kier alpha value is -2.34. The summed E-state index contributed by atoms with van der Waals surface area (Å²) >= 11 is 0. The highest BCUT2D eigenvalue weighted by Crippen LogP contribution is 2.23. The van der Waals surface area contributed by atoms with Gasteiger partial charge in [0.25, 0.3) is 0 Å². The van der Waals surface area contributed by atoms with Crippen molar-refractivity contribution in [2.75, 3.05) is 5.32 Å². The topological polar surface area (TPSA) is 79.2 Å². The summed E-state index contributed by atoms with van der Waals surface area (Å²) in [7, 11) is 1.80. The number of aliphatic hydroxyl groups is 1. The van der Waals surface area contributed by atoms with E-state index in [1.165, 1.54) is 0 Å². The highest BCUT2D eigenvalue weighted by atomic mass is 16.3. The molecule has 1 aromatic heterocycles. The van der Waals surface area contributed by atoms with Gasteiger partial charge >= 0.3 is 6.03 Å². The van der Waals surface area contributed by atoms with Crippen LogP contribution in [-0.2, 0) is 25.6 Å². The molecule has 1 aromatic carbocycles. The van der Waals surface area contributed by atoms with Crippen LogP contribution in [0.15, 0.2) is 30.3 Å². The number of carbonyl (C=O) groups is 1. The Morgan fingerprint density at radius 2 is 1.83 bits per heavy atom. The number of aryl methyl sites for hydroxylation is 1. The first-order valence-electron chi connectivity index (χ1n) is 7.57. The molecule has 3 N–H and O–H groups in total. The molecule has 0 aliphatic carbocycles. The first-order chi connectivity index (χ1) is 10.8. The highest BCUT2D eigenvalue weighted by Gasteiger charge is 2.19. The van der Waals surface area contributed by atoms with Crippen LogP contribution in [0.1, 0.15) is 37.6 Å². The summed E-state index contributed by atoms with van der Waals surface area (Å²) < 4.78 is 1.66. The van der Waals surface area contributed by atoms with E-state index >= 15 is 0 Å². The molecule has 0 aliphatic rings. The number of aliphatic hydroxyl groups excluding tert-OH is 1. The number of amides is 2. The molecule has 6 heteroatoms. The second-order valence-electron chi connectivity index (χ2n) is 6.57. The SMILES string of the molecule is Cn1nc(C(C)(C)C)cc1NC(=O)NCc1ccc(CO)cc1. The van der Waals surface area contributed by atoms with E-state index in [1.54, 1.807) is 11.7 Å². The third-order valence-electron chi connectivity index (χ3n) is 3.55. The van der Waals surface area contributed by atoms with Gasteiger partial charge in [0.2, 0.25) is 0 Å². The molecule has 0 radical (unpaired) electrons. The standard InChI is InChI=1S/C17H24N4O2/c1-17(2,3)14-9-15(21(4)20-14)19-16(23)18-10-12-5-7-13(11-22)8-6-12/h5-9,22H,10-11H2,1-4H3,(H2,18,19,23). The number of hydrogen-bond donors (Lipinski definition) is 3. The normalized spacial score (nSPS) is 11.3. The zero-order valence-corrected chi connectivity index (χ0v) is 14.1. The Balaban J connectivity index is 1.93. The molecule has 6 nitrogen and oxygen atoms in total. The van der Waals surface area contributed by atoms with Crippen LogP contribution in [-0.4, -0.2) is 20.9 Å². The Morgan fingerprint density at radius 3 is 2.35 bits per heavy atom. The van der Waals surface area contributed by atoms with E-state index in [2.05, 4.69) is 36.5 Å². The van der Waals surface area contributed by atoms with Gasteiger partial charge in [-0.25, -0.2) is 4.79 Å². The van der Waals surface area contributed by atoms with Crippen molar-refractivity contribution in [3.8, 4) is 0 Å². The minimum absolute atomic E-state index is 0.0186. The highest BCUT2D eigenvalue weighted by molar-refractivity contribution is 5.88. The van der Waals surface area contributed by atoms with Gasteiger partial charge < -0.3 is 10.4 Å². The van der Waals surface area contributed by atoms with Crippen LogP contribution in [0.5, 0.6) is 0 Å². The second-order valence-corrected chi connectivity index (χ2v) is 6.57. The lowest BCUT2D eigenvalue weighted by Crippen LogP contribution is -2.29. The number of urea groups is 1. The molecule has 0 bridgehead atoms. The molecule has 0 atom stereocenters. The zero-order valence-electron chi connectivity index (χ0n) is 14.1. The van der Waals surface area contributed by atoms with E-state index in [0.717, 1.165) is 16.8 Å². The molecule has 23 heavy (non-hydrogen) atoms. The van der Waals surface area contributed by atoms with Crippen molar-refractivity contribution < 1.29 is 9.90 Å². The smallest absolute Gasteiger partial charge is 0.320 e. The first kappa shape index (κ1) is 17.0. The molecule has 0 saturated carbocycles. The van der Waals surface area contributed by atoms with E-state index in [0.29, 0.717) is 12.4 Å². The van der Waals surface area contributed by atoms with Gasteiger partial charge in [0.1, 0.15) is 5.82 Å². The van der Waals surface area contributed by atoms with Crippen molar-refractivity contribution in [1.29, 1.82) is 0 Å². The number of nitrogens with one attached hydrogen (secondary N) is 2. The summed E-state index contributed by atoms with van der Waals surface area (Å²) in [5.74, 6) is 0.656. The number of aromatic nitrogens is 2. The van der Waals surface area contributed by atoms with Crippen LogP contribution >= 0.6 is 0 Å². The predicted molar refractivity (Wildman–Crippen MR) is 90.1 cm³/mol. The Kier molecular flexibility index (Phi) is 5.05. The van der Waals surface area contributed by atoms with Gasteiger partial charge in [0.15, 0.2) is 0 Å². The second kappa shape index (κ2) is 6.83. The summed E-state index contributed by atoms with van der Waals surface area (Å²) in [6.45, 7) is 6.67. The minimum atomic E-state index is -0.278. The average Bonchev–Trinajstić information content (AvgIpc) is 2.87. The molecule has 0 saturated heterocycles. The van der Waals surface area contributed by atoms with Gasteiger partial charge in [-0.2, -0.15) is 5.10 Å². The third kappa shape index (κ3) is 4.56. The van der Waals surface area contributed by atoms with Gasteiger partial charge in [-0.3, -0.25) is 10.00 Å². The maximum absolute atomic E-state index is 12.0. The van der Waals surface area contributed by atoms with Crippen LogP contribution in [0, 0.1) is 0 Å². The molecule has 2 rings (SSSR count). The lowest BCUT2D eigenvalue weighted by atomic mass is 9.92. The average molecular weight is 316 g/mol. The van der Waals surface area contributed by atoms with Crippen LogP contribution < -0.4 is 10.6 Å². The molecule has 0 fully saturated rings. The van der Waals surface area contributed by atoms with Crippen LogP contribution in [0.25, 0.3) is 0 Å². The van der Waals surface area contributed by atoms with Gasteiger partial charge in [-0.05, 0) is 11.1 Å². The van der Waals surface area contributed by atoms with Crippen molar-refractivity contribution in [3.63, 3.8) is 0 Å². The maximum Gasteiger partial charge on any atom is 0.320 e. The Labute approximate surface area is 136 Å². The number of benzene rings is 1. The molecule has 2 aromatic rings. The lowest BCUT2D eigenvalue weighted by Gasteiger charge is -2.13. The Morgan fingerprint density at radius 1 is 1.22 bits per heavy atom. The third-order valence-corrected chi connectivity index (χ3v) is 3.55. The number of rotatable bonds is 4. The van der Waals surface area contributed by atoms with E-state index in [-0.39, 0.29) is 18.1 Å². The molecule has 0 spiro atoms. The molecular weight excluding hydrogens is 292 g/mol.